The Labute approximate surface area is 160 Å². The monoisotopic (exact) mass is 418 g/mol. The van der Waals surface area contributed by atoms with Crippen LogP contribution in [0.1, 0.15) is 11.1 Å². The first-order chi connectivity index (χ1) is 12.2. The van der Waals surface area contributed by atoms with Crippen molar-refractivity contribution in [1.82, 2.24) is 5.43 Å². The van der Waals surface area contributed by atoms with Crippen LogP contribution in [0.25, 0.3) is 0 Å². The molecule has 6 heteroatoms. The van der Waals surface area contributed by atoms with Crippen molar-refractivity contribution in [2.75, 3.05) is 12.4 Å². The van der Waals surface area contributed by atoms with Gasteiger partial charge in [-0.15, -0.1) is 11.8 Å². The van der Waals surface area contributed by atoms with Crippen LogP contribution in [0, 0.1) is 0 Å². The van der Waals surface area contributed by atoms with Gasteiger partial charge in [-0.2, -0.15) is 5.10 Å². The Morgan fingerprint density at radius 2 is 2.00 bits per heavy atom. The Balaban J connectivity index is 1.71. The minimum absolute atomic E-state index is 0.126. The lowest BCUT2D eigenvalue weighted by molar-refractivity contribution is -0.118. The van der Waals surface area contributed by atoms with E-state index in [1.54, 1.807) is 24.1 Å². The first-order valence-electron chi connectivity index (χ1n) is 7.66. The van der Waals surface area contributed by atoms with Crippen molar-refractivity contribution >= 4 is 39.8 Å². The zero-order valence-electron chi connectivity index (χ0n) is 13.7. The van der Waals surface area contributed by atoms with Gasteiger partial charge in [-0.3, -0.25) is 4.79 Å². The molecule has 0 saturated heterocycles. The summed E-state index contributed by atoms with van der Waals surface area (Å²) < 4.78 is 6.46. The molecule has 0 aliphatic rings. The van der Waals surface area contributed by atoms with Crippen LogP contribution in [0.15, 0.2) is 70.8 Å². The fourth-order valence-electron chi connectivity index (χ4n) is 1.89. The summed E-state index contributed by atoms with van der Waals surface area (Å²) in [5.41, 5.74) is 4.59. The number of rotatable bonds is 9. The van der Waals surface area contributed by atoms with Gasteiger partial charge in [0, 0.05) is 10.2 Å². The predicted molar refractivity (Wildman–Crippen MR) is 108 cm³/mol. The van der Waals surface area contributed by atoms with Crippen LogP contribution in [0.4, 0.5) is 0 Å². The van der Waals surface area contributed by atoms with Crippen LogP contribution in [-0.4, -0.2) is 24.5 Å². The van der Waals surface area contributed by atoms with Crippen LogP contribution in [0.2, 0.25) is 0 Å². The molecule has 1 amide bonds. The maximum atomic E-state index is 11.8. The van der Waals surface area contributed by atoms with E-state index in [4.69, 9.17) is 4.74 Å². The lowest BCUT2D eigenvalue weighted by Crippen LogP contribution is -2.19. The highest BCUT2D eigenvalue weighted by Crippen LogP contribution is 2.21. The Morgan fingerprint density at radius 3 is 2.72 bits per heavy atom. The van der Waals surface area contributed by atoms with E-state index < -0.39 is 0 Å². The molecule has 2 rings (SSSR count). The number of hydrazone groups is 1. The zero-order valence-corrected chi connectivity index (χ0v) is 16.1. The Morgan fingerprint density at radius 1 is 1.24 bits per heavy atom. The normalized spacial score (nSPS) is 10.6. The first-order valence-corrected chi connectivity index (χ1v) is 9.60. The number of nitrogens with one attached hydrogen (secondary N) is 1. The molecule has 1 N–H and O–H groups in total. The molecule has 4 nitrogen and oxygen atoms in total. The first kappa shape index (κ1) is 19.3. The number of benzene rings is 2. The van der Waals surface area contributed by atoms with Gasteiger partial charge < -0.3 is 4.74 Å². The molecule has 130 valence electrons. The summed E-state index contributed by atoms with van der Waals surface area (Å²) in [7, 11) is 0. The van der Waals surface area contributed by atoms with Gasteiger partial charge in [-0.25, -0.2) is 5.43 Å². The van der Waals surface area contributed by atoms with Crippen molar-refractivity contribution in [1.29, 1.82) is 0 Å². The summed E-state index contributed by atoms with van der Waals surface area (Å²) in [5.74, 6) is 1.77. The van der Waals surface area contributed by atoms with Gasteiger partial charge in [0.1, 0.15) is 12.4 Å². The number of halogens is 1. The molecule has 0 fully saturated rings. The second kappa shape index (κ2) is 10.7. The van der Waals surface area contributed by atoms with E-state index in [2.05, 4.69) is 33.0 Å². The van der Waals surface area contributed by atoms with E-state index in [0.29, 0.717) is 12.4 Å². The van der Waals surface area contributed by atoms with Gasteiger partial charge in [0.2, 0.25) is 5.91 Å². The number of hydrogen-bond donors (Lipinski definition) is 1. The number of nitrogens with zero attached hydrogens (tertiary/aromatic N) is 1. The van der Waals surface area contributed by atoms with Gasteiger partial charge in [0.05, 0.1) is 12.0 Å². The maximum absolute atomic E-state index is 11.8. The molecule has 0 atom stereocenters. The fourth-order valence-corrected chi connectivity index (χ4v) is 3.32. The predicted octanol–water partition coefficient (Wildman–Crippen LogP) is 4.40. The van der Waals surface area contributed by atoms with Gasteiger partial charge in [0.15, 0.2) is 0 Å². The van der Waals surface area contributed by atoms with Crippen molar-refractivity contribution in [3.05, 3.63) is 76.8 Å². The summed E-state index contributed by atoms with van der Waals surface area (Å²) in [6, 6.07) is 15.4. The van der Waals surface area contributed by atoms with Crippen molar-refractivity contribution in [3.63, 3.8) is 0 Å². The van der Waals surface area contributed by atoms with Crippen molar-refractivity contribution in [2.24, 2.45) is 5.10 Å². The van der Waals surface area contributed by atoms with E-state index in [0.717, 1.165) is 21.5 Å². The van der Waals surface area contributed by atoms with Crippen molar-refractivity contribution < 1.29 is 9.53 Å². The van der Waals surface area contributed by atoms with Crippen molar-refractivity contribution in [2.45, 2.75) is 5.75 Å². The number of carbonyl (C=O) groups is 1. The van der Waals surface area contributed by atoms with Crippen LogP contribution < -0.4 is 10.2 Å². The molecule has 0 aliphatic carbocycles. The summed E-state index contributed by atoms with van der Waals surface area (Å²) in [5, 5.41) is 3.97. The molecular formula is C19H19BrN2O2S. The Kier molecular flexibility index (Phi) is 8.28. The van der Waals surface area contributed by atoms with Gasteiger partial charge >= 0.3 is 0 Å². The molecule has 0 spiro atoms. The smallest absolute Gasteiger partial charge is 0.250 e. The molecule has 2 aromatic carbocycles. The second-order valence-corrected chi connectivity index (χ2v) is 6.89. The molecule has 0 unspecified atom stereocenters. The molecular weight excluding hydrogens is 400 g/mol. The Hall–Kier alpha value is -2.05. The van der Waals surface area contributed by atoms with E-state index in [9.17, 15) is 4.79 Å². The highest BCUT2D eigenvalue weighted by molar-refractivity contribution is 9.10. The molecule has 0 bridgehead atoms. The minimum Gasteiger partial charge on any atom is -0.490 e. The largest absolute Gasteiger partial charge is 0.490 e. The molecule has 0 aliphatic heterocycles. The molecule has 2 aromatic rings. The second-order valence-electron chi connectivity index (χ2n) is 5.05. The van der Waals surface area contributed by atoms with Gasteiger partial charge in [0.25, 0.3) is 0 Å². The highest BCUT2D eigenvalue weighted by Gasteiger charge is 2.03. The third-order valence-corrected chi connectivity index (χ3v) is 4.85. The minimum atomic E-state index is -0.126. The van der Waals surface area contributed by atoms with Crippen LogP contribution in [0.5, 0.6) is 5.75 Å². The van der Waals surface area contributed by atoms with Crippen molar-refractivity contribution in [3.8, 4) is 5.75 Å². The number of amides is 1. The third kappa shape index (κ3) is 7.15. The zero-order chi connectivity index (χ0) is 17.9. The lowest BCUT2D eigenvalue weighted by atomic mass is 10.2. The summed E-state index contributed by atoms with van der Waals surface area (Å²) in [6.07, 6.45) is 3.30. The standard InChI is InChI=1S/C19H19BrN2O2S/c1-2-11-24-17-9-7-15(8-10-17)12-21-22-19(23)14-25-13-16-5-3-4-6-18(16)20/h2-10,12H,1,11,13-14H2,(H,22,23). The SMILES string of the molecule is C=CCOc1ccc(C=NNC(=O)CSCc2ccccc2Br)cc1. The lowest BCUT2D eigenvalue weighted by Gasteiger charge is -2.04. The van der Waals surface area contributed by atoms with Crippen LogP contribution >= 0.6 is 27.7 Å². The molecule has 0 heterocycles. The average Bonchev–Trinajstić information content (AvgIpc) is 2.63. The quantitative estimate of drug-likeness (QED) is 0.373. The van der Waals surface area contributed by atoms with E-state index in [-0.39, 0.29) is 5.91 Å². The number of ether oxygens (including phenoxy) is 1. The average molecular weight is 419 g/mol. The number of thioether (sulfide) groups is 1. The van der Waals surface area contributed by atoms with Crippen LogP contribution in [0.3, 0.4) is 0 Å². The van der Waals surface area contributed by atoms with Gasteiger partial charge in [-0.1, -0.05) is 46.8 Å². The summed E-state index contributed by atoms with van der Waals surface area (Å²) in [6.45, 7) is 4.08. The van der Waals surface area contributed by atoms with Gasteiger partial charge in [-0.05, 0) is 41.5 Å². The summed E-state index contributed by atoms with van der Waals surface area (Å²) in [4.78, 5) is 11.8. The topological polar surface area (TPSA) is 50.7 Å². The molecule has 25 heavy (non-hydrogen) atoms. The summed E-state index contributed by atoms with van der Waals surface area (Å²) >= 11 is 5.04. The van der Waals surface area contributed by atoms with E-state index >= 15 is 0 Å². The fraction of sp³-hybridized carbons (Fsp3) is 0.158. The van der Waals surface area contributed by atoms with E-state index in [1.165, 1.54) is 5.56 Å². The molecule has 0 radical (unpaired) electrons. The number of carbonyl (C=O) groups excluding carboxylic acids is 1. The molecule has 0 saturated carbocycles. The highest BCUT2D eigenvalue weighted by atomic mass is 79.9. The number of hydrogen-bond acceptors (Lipinski definition) is 4. The third-order valence-electron chi connectivity index (χ3n) is 3.10. The molecule has 0 aromatic heterocycles. The van der Waals surface area contributed by atoms with E-state index in [1.807, 2.05) is 48.5 Å². The Bertz CT molecular complexity index is 732. The van der Waals surface area contributed by atoms with Crippen LogP contribution in [-0.2, 0) is 10.5 Å². The maximum Gasteiger partial charge on any atom is 0.250 e.